The Morgan fingerprint density at radius 1 is 1.27 bits per heavy atom. The zero-order valence-corrected chi connectivity index (χ0v) is 7.76. The Balaban J connectivity index is 2.99. The molecule has 0 saturated heterocycles. The highest BCUT2D eigenvalue weighted by atomic mass is 19.4. The van der Waals surface area contributed by atoms with Gasteiger partial charge in [-0.2, -0.15) is 13.2 Å². The van der Waals surface area contributed by atoms with Crippen LogP contribution in [0.1, 0.15) is 17.9 Å². The molecule has 0 aliphatic carbocycles. The van der Waals surface area contributed by atoms with Crippen molar-refractivity contribution in [1.29, 1.82) is 0 Å². The first-order valence-corrected chi connectivity index (χ1v) is 4.38. The molecule has 1 rings (SSSR count). The SMILES string of the molecule is OCCC(c1cccc(F)c1)C(F)(F)F. The monoisotopic (exact) mass is 222 g/mol. The highest BCUT2D eigenvalue weighted by Gasteiger charge is 2.40. The van der Waals surface area contributed by atoms with Gasteiger partial charge >= 0.3 is 6.18 Å². The van der Waals surface area contributed by atoms with Crippen LogP contribution in [0.3, 0.4) is 0 Å². The van der Waals surface area contributed by atoms with Crippen molar-refractivity contribution in [3.8, 4) is 0 Å². The first kappa shape index (κ1) is 12.0. The van der Waals surface area contributed by atoms with Crippen molar-refractivity contribution in [2.75, 3.05) is 6.61 Å². The molecule has 0 amide bonds. The Kier molecular flexibility index (Phi) is 3.68. The Bertz CT molecular complexity index is 321. The maximum atomic E-state index is 12.7. The minimum atomic E-state index is -4.46. The van der Waals surface area contributed by atoms with Gasteiger partial charge in [0, 0.05) is 6.61 Å². The minimum absolute atomic E-state index is 0.156. The van der Waals surface area contributed by atoms with Gasteiger partial charge in [0.05, 0.1) is 5.92 Å². The first-order valence-electron chi connectivity index (χ1n) is 4.38. The lowest BCUT2D eigenvalue weighted by Crippen LogP contribution is -2.22. The Labute approximate surface area is 84.3 Å². The molecule has 1 atom stereocenters. The number of aliphatic hydroxyl groups excluding tert-OH is 1. The summed E-state index contributed by atoms with van der Waals surface area (Å²) in [5.41, 5.74) is -0.156. The zero-order chi connectivity index (χ0) is 11.5. The normalized spacial score (nSPS) is 13.9. The lowest BCUT2D eigenvalue weighted by atomic mass is 9.95. The number of hydrogen-bond acceptors (Lipinski definition) is 1. The summed E-state index contributed by atoms with van der Waals surface area (Å²) in [4.78, 5) is 0. The third-order valence-electron chi connectivity index (χ3n) is 2.06. The molecule has 1 aromatic carbocycles. The second-order valence-electron chi connectivity index (χ2n) is 3.16. The van der Waals surface area contributed by atoms with Crippen LogP contribution >= 0.6 is 0 Å². The number of hydrogen-bond donors (Lipinski definition) is 1. The Morgan fingerprint density at radius 3 is 2.40 bits per heavy atom. The molecule has 1 aromatic rings. The van der Waals surface area contributed by atoms with Gasteiger partial charge in [0.2, 0.25) is 0 Å². The lowest BCUT2D eigenvalue weighted by Gasteiger charge is -2.19. The molecule has 0 spiro atoms. The van der Waals surface area contributed by atoms with E-state index in [0.717, 1.165) is 12.1 Å². The third-order valence-corrected chi connectivity index (χ3v) is 2.06. The summed E-state index contributed by atoms with van der Waals surface area (Å²) in [6, 6.07) is 4.35. The second-order valence-corrected chi connectivity index (χ2v) is 3.16. The van der Waals surface area contributed by atoms with Gasteiger partial charge in [-0.25, -0.2) is 4.39 Å². The number of alkyl halides is 3. The number of rotatable bonds is 3. The van der Waals surface area contributed by atoms with Crippen molar-refractivity contribution in [2.45, 2.75) is 18.5 Å². The Hall–Kier alpha value is -1.10. The fourth-order valence-electron chi connectivity index (χ4n) is 1.37. The summed E-state index contributed by atoms with van der Waals surface area (Å²) < 4.78 is 50.2. The van der Waals surface area contributed by atoms with E-state index in [0.29, 0.717) is 0 Å². The molecule has 0 aliphatic rings. The van der Waals surface area contributed by atoms with E-state index in [1.54, 1.807) is 0 Å². The number of benzene rings is 1. The molecule has 0 radical (unpaired) electrons. The second kappa shape index (κ2) is 4.61. The minimum Gasteiger partial charge on any atom is -0.396 e. The molecule has 1 nitrogen and oxygen atoms in total. The molecule has 84 valence electrons. The van der Waals surface area contributed by atoms with E-state index in [4.69, 9.17) is 5.11 Å². The van der Waals surface area contributed by atoms with Crippen LogP contribution in [-0.4, -0.2) is 17.9 Å². The van der Waals surface area contributed by atoms with E-state index in [2.05, 4.69) is 0 Å². The first-order chi connectivity index (χ1) is 6.95. The topological polar surface area (TPSA) is 20.2 Å². The van der Waals surface area contributed by atoms with Gasteiger partial charge in [-0.05, 0) is 24.1 Å². The predicted octanol–water partition coefficient (Wildman–Crippen LogP) is 2.85. The summed E-state index contributed by atoms with van der Waals surface area (Å²) in [5, 5.41) is 8.54. The van der Waals surface area contributed by atoms with Gasteiger partial charge in [0.1, 0.15) is 5.82 Å². The highest BCUT2D eigenvalue weighted by molar-refractivity contribution is 5.22. The van der Waals surface area contributed by atoms with Crippen molar-refractivity contribution in [2.24, 2.45) is 0 Å². The standard InChI is InChI=1S/C10H10F4O/c11-8-3-1-2-7(6-8)9(4-5-15)10(12,13)14/h1-3,6,9,15H,4-5H2. The molecule has 5 heteroatoms. The highest BCUT2D eigenvalue weighted by Crippen LogP contribution is 2.37. The van der Waals surface area contributed by atoms with E-state index in [9.17, 15) is 17.6 Å². The van der Waals surface area contributed by atoms with E-state index in [-0.39, 0.29) is 5.56 Å². The van der Waals surface area contributed by atoms with Crippen LogP contribution in [-0.2, 0) is 0 Å². The summed E-state index contributed by atoms with van der Waals surface area (Å²) in [7, 11) is 0. The maximum absolute atomic E-state index is 12.7. The summed E-state index contributed by atoms with van der Waals surface area (Å²) in [6.45, 7) is -0.583. The van der Waals surface area contributed by atoms with Crippen molar-refractivity contribution >= 4 is 0 Å². The van der Waals surface area contributed by atoms with Gasteiger partial charge in [-0.3, -0.25) is 0 Å². The number of aliphatic hydroxyl groups is 1. The van der Waals surface area contributed by atoms with Crippen molar-refractivity contribution < 1.29 is 22.7 Å². The summed E-state index contributed by atoms with van der Waals surface area (Å²) in [6.07, 6.45) is -4.91. The molecule has 0 fully saturated rings. The molecular formula is C10H10F4O. The fourth-order valence-corrected chi connectivity index (χ4v) is 1.37. The predicted molar refractivity (Wildman–Crippen MR) is 46.9 cm³/mol. The van der Waals surface area contributed by atoms with Gasteiger partial charge in [-0.1, -0.05) is 12.1 Å². The molecule has 1 unspecified atom stereocenters. The molecule has 1 N–H and O–H groups in total. The van der Waals surface area contributed by atoms with Crippen LogP contribution < -0.4 is 0 Å². The lowest BCUT2D eigenvalue weighted by molar-refractivity contribution is -0.153. The fraction of sp³-hybridized carbons (Fsp3) is 0.400. The molecule has 0 aromatic heterocycles. The van der Waals surface area contributed by atoms with E-state index >= 15 is 0 Å². The van der Waals surface area contributed by atoms with Crippen LogP contribution in [0.15, 0.2) is 24.3 Å². The maximum Gasteiger partial charge on any atom is 0.395 e. The van der Waals surface area contributed by atoms with Crippen LogP contribution in [0.4, 0.5) is 17.6 Å². The molecule has 15 heavy (non-hydrogen) atoms. The van der Waals surface area contributed by atoms with E-state index in [1.807, 2.05) is 0 Å². The van der Waals surface area contributed by atoms with Crippen molar-refractivity contribution in [3.05, 3.63) is 35.6 Å². The van der Waals surface area contributed by atoms with E-state index < -0.39 is 30.9 Å². The molecular weight excluding hydrogens is 212 g/mol. The van der Waals surface area contributed by atoms with Gasteiger partial charge in [-0.15, -0.1) is 0 Å². The van der Waals surface area contributed by atoms with Gasteiger partial charge in [0.25, 0.3) is 0 Å². The van der Waals surface area contributed by atoms with Crippen LogP contribution in [0.25, 0.3) is 0 Å². The third kappa shape index (κ3) is 3.20. The van der Waals surface area contributed by atoms with E-state index in [1.165, 1.54) is 12.1 Å². The van der Waals surface area contributed by atoms with Crippen LogP contribution in [0, 0.1) is 5.82 Å². The summed E-state index contributed by atoms with van der Waals surface area (Å²) in [5.74, 6) is -2.52. The zero-order valence-electron chi connectivity index (χ0n) is 7.76. The average molecular weight is 222 g/mol. The van der Waals surface area contributed by atoms with Gasteiger partial charge in [0.15, 0.2) is 0 Å². The average Bonchev–Trinajstić information content (AvgIpc) is 2.12. The smallest absolute Gasteiger partial charge is 0.395 e. The van der Waals surface area contributed by atoms with Crippen molar-refractivity contribution in [1.82, 2.24) is 0 Å². The molecule has 0 bridgehead atoms. The Morgan fingerprint density at radius 2 is 1.93 bits per heavy atom. The molecule has 0 aliphatic heterocycles. The number of halogens is 4. The largest absolute Gasteiger partial charge is 0.396 e. The molecule has 0 heterocycles. The molecule has 0 saturated carbocycles. The van der Waals surface area contributed by atoms with Crippen LogP contribution in [0.5, 0.6) is 0 Å². The quantitative estimate of drug-likeness (QED) is 0.779. The van der Waals surface area contributed by atoms with Crippen molar-refractivity contribution in [3.63, 3.8) is 0 Å². The van der Waals surface area contributed by atoms with Gasteiger partial charge < -0.3 is 5.11 Å². The summed E-state index contributed by atoms with van der Waals surface area (Å²) >= 11 is 0. The van der Waals surface area contributed by atoms with Crippen LogP contribution in [0.2, 0.25) is 0 Å².